The minimum atomic E-state index is -0.0780. The fourth-order valence-corrected chi connectivity index (χ4v) is 5.48. The quantitative estimate of drug-likeness (QED) is 0.241. The monoisotopic (exact) mass is 568 g/mol. The first-order valence-electron chi connectivity index (χ1n) is 14.4. The van der Waals surface area contributed by atoms with Gasteiger partial charge in [-0.15, -0.1) is 10.2 Å². The summed E-state index contributed by atoms with van der Waals surface area (Å²) in [5.41, 5.74) is 6.50. The van der Waals surface area contributed by atoms with Crippen LogP contribution in [0.25, 0.3) is 33.5 Å². The van der Waals surface area contributed by atoms with Crippen molar-refractivity contribution in [1.29, 1.82) is 0 Å². The summed E-state index contributed by atoms with van der Waals surface area (Å²) in [6.45, 7) is 7.73. The summed E-state index contributed by atoms with van der Waals surface area (Å²) in [5.74, 6) is 1.89. The summed E-state index contributed by atoms with van der Waals surface area (Å²) in [7, 11) is 3.93. The molecule has 1 aliphatic heterocycles. The second-order valence-electron chi connectivity index (χ2n) is 11.1. The lowest BCUT2D eigenvalue weighted by atomic mass is 9.96. The van der Waals surface area contributed by atoms with E-state index in [0.717, 1.165) is 48.0 Å². The SMILES string of the molecule is CCNCc1cncc(-c2ccc3[nH]nc(-c4ncc(C(=O)N5CCC(c6nnc(CN(C)C)o6)CC5)[nH]4)c3c2)c1C. The summed E-state index contributed by atoms with van der Waals surface area (Å²) in [6.07, 6.45) is 6.96. The zero-order chi connectivity index (χ0) is 29.2. The number of aromatic nitrogens is 7. The molecular weight excluding hydrogens is 532 g/mol. The van der Waals surface area contributed by atoms with E-state index in [1.54, 1.807) is 6.20 Å². The van der Waals surface area contributed by atoms with Gasteiger partial charge in [-0.05, 0) is 69.2 Å². The lowest BCUT2D eigenvalue weighted by Gasteiger charge is -2.30. The number of pyridine rings is 1. The number of fused-ring (bicyclic) bond motifs is 1. The highest BCUT2D eigenvalue weighted by molar-refractivity contribution is 5.96. The number of imidazole rings is 1. The number of likely N-dealkylation sites (tertiary alicyclic amines) is 1. The molecule has 42 heavy (non-hydrogen) atoms. The Balaban J connectivity index is 1.17. The third-order valence-corrected chi connectivity index (χ3v) is 7.85. The first kappa shape index (κ1) is 27.7. The standard InChI is InChI=1S/C30H36N10O2/c1-5-31-13-21-14-32-15-23(18(21)2)20-6-7-24-22(12-20)27(37-35-24)28-33-16-25(34-28)30(41)40-10-8-19(9-11-40)29-38-36-26(42-29)17-39(3)4/h6-7,12,14-16,19,31H,5,8-11,13,17H2,1-4H3,(H,33,34)(H,35,37). The molecule has 1 aliphatic rings. The number of H-pyrrole nitrogens is 2. The Morgan fingerprint density at radius 3 is 2.79 bits per heavy atom. The zero-order valence-corrected chi connectivity index (χ0v) is 24.4. The van der Waals surface area contributed by atoms with E-state index in [9.17, 15) is 4.79 Å². The van der Waals surface area contributed by atoms with Gasteiger partial charge >= 0.3 is 0 Å². The largest absolute Gasteiger partial charge is 0.424 e. The van der Waals surface area contributed by atoms with Gasteiger partial charge in [0.1, 0.15) is 11.4 Å². The molecule has 0 spiro atoms. The summed E-state index contributed by atoms with van der Waals surface area (Å²) in [5, 5.41) is 20.3. The van der Waals surface area contributed by atoms with Gasteiger partial charge in [0, 0.05) is 48.9 Å². The van der Waals surface area contributed by atoms with Crippen molar-refractivity contribution in [3.63, 3.8) is 0 Å². The molecule has 0 bridgehead atoms. The Bertz CT molecular complexity index is 1690. The number of piperidine rings is 1. The first-order valence-corrected chi connectivity index (χ1v) is 14.4. The van der Waals surface area contributed by atoms with Gasteiger partial charge in [0.25, 0.3) is 5.91 Å². The van der Waals surface area contributed by atoms with Crippen LogP contribution in [0.5, 0.6) is 0 Å². The third kappa shape index (κ3) is 5.55. The molecular formula is C30H36N10O2. The number of carbonyl (C=O) groups excluding carboxylic acids is 1. The molecule has 5 aromatic rings. The number of nitrogens with zero attached hydrogens (tertiary/aromatic N) is 7. The molecule has 0 aliphatic carbocycles. The number of hydrogen-bond acceptors (Lipinski definition) is 9. The number of benzene rings is 1. The Morgan fingerprint density at radius 1 is 1.17 bits per heavy atom. The average molecular weight is 569 g/mol. The molecule has 4 aromatic heterocycles. The molecule has 6 rings (SSSR count). The molecule has 12 nitrogen and oxygen atoms in total. The number of nitrogens with one attached hydrogen (secondary N) is 3. The van der Waals surface area contributed by atoms with Crippen molar-refractivity contribution < 1.29 is 9.21 Å². The van der Waals surface area contributed by atoms with Gasteiger partial charge in [-0.1, -0.05) is 13.0 Å². The molecule has 1 saturated heterocycles. The molecule has 3 N–H and O–H groups in total. The summed E-state index contributed by atoms with van der Waals surface area (Å²) in [4.78, 5) is 29.4. The number of aromatic amines is 2. The second kappa shape index (κ2) is 11.8. The fraction of sp³-hybridized carbons (Fsp3) is 0.400. The van der Waals surface area contributed by atoms with Crippen LogP contribution in [0.2, 0.25) is 0 Å². The lowest BCUT2D eigenvalue weighted by Crippen LogP contribution is -2.38. The van der Waals surface area contributed by atoms with Crippen LogP contribution in [0.4, 0.5) is 0 Å². The fourth-order valence-electron chi connectivity index (χ4n) is 5.48. The van der Waals surface area contributed by atoms with Gasteiger partial charge < -0.3 is 24.5 Å². The van der Waals surface area contributed by atoms with Crippen LogP contribution in [0.1, 0.15) is 59.1 Å². The molecule has 1 amide bonds. The van der Waals surface area contributed by atoms with E-state index < -0.39 is 0 Å². The predicted octanol–water partition coefficient (Wildman–Crippen LogP) is 3.90. The zero-order valence-electron chi connectivity index (χ0n) is 24.4. The first-order chi connectivity index (χ1) is 20.4. The molecule has 0 saturated carbocycles. The van der Waals surface area contributed by atoms with Crippen molar-refractivity contribution in [2.24, 2.45) is 0 Å². The van der Waals surface area contributed by atoms with Crippen LogP contribution >= 0.6 is 0 Å². The van der Waals surface area contributed by atoms with Gasteiger partial charge in [0.05, 0.1) is 18.3 Å². The smallest absolute Gasteiger partial charge is 0.271 e. The van der Waals surface area contributed by atoms with Gasteiger partial charge in [-0.25, -0.2) is 4.98 Å². The van der Waals surface area contributed by atoms with Crippen LogP contribution in [0, 0.1) is 6.92 Å². The Hall–Kier alpha value is -4.42. The van der Waals surface area contributed by atoms with Gasteiger partial charge in [0.15, 0.2) is 5.82 Å². The van der Waals surface area contributed by atoms with Crippen molar-refractivity contribution in [3.8, 4) is 22.6 Å². The van der Waals surface area contributed by atoms with Crippen LogP contribution in [-0.4, -0.2) is 84.8 Å². The average Bonchev–Trinajstić information content (AvgIpc) is 3.76. The highest BCUT2D eigenvalue weighted by Gasteiger charge is 2.29. The van der Waals surface area contributed by atoms with Crippen LogP contribution in [-0.2, 0) is 13.1 Å². The molecule has 5 heterocycles. The Kier molecular flexibility index (Phi) is 7.81. The van der Waals surface area contributed by atoms with E-state index >= 15 is 0 Å². The molecule has 0 unspecified atom stereocenters. The highest BCUT2D eigenvalue weighted by Crippen LogP contribution is 2.32. The maximum Gasteiger partial charge on any atom is 0.271 e. The van der Waals surface area contributed by atoms with E-state index in [1.807, 2.05) is 42.4 Å². The van der Waals surface area contributed by atoms with E-state index in [4.69, 9.17) is 4.42 Å². The molecule has 218 valence electrons. The highest BCUT2D eigenvalue weighted by atomic mass is 16.4. The van der Waals surface area contributed by atoms with Crippen LogP contribution in [0.15, 0.2) is 41.2 Å². The maximum absolute atomic E-state index is 13.4. The molecule has 1 fully saturated rings. The van der Waals surface area contributed by atoms with Crippen molar-refractivity contribution in [2.75, 3.05) is 33.7 Å². The molecule has 0 radical (unpaired) electrons. The second-order valence-corrected chi connectivity index (χ2v) is 11.1. The van der Waals surface area contributed by atoms with Crippen molar-refractivity contribution >= 4 is 16.8 Å². The Labute approximate surface area is 244 Å². The minimum absolute atomic E-state index is 0.0780. The molecule has 1 aromatic carbocycles. The normalized spacial score (nSPS) is 14.4. The predicted molar refractivity (Wildman–Crippen MR) is 159 cm³/mol. The maximum atomic E-state index is 13.4. The molecule has 0 atom stereocenters. The number of carbonyl (C=O) groups is 1. The minimum Gasteiger partial charge on any atom is -0.424 e. The Morgan fingerprint density at radius 2 is 2.00 bits per heavy atom. The number of hydrogen-bond donors (Lipinski definition) is 3. The van der Waals surface area contributed by atoms with E-state index in [2.05, 4.69) is 66.6 Å². The summed E-state index contributed by atoms with van der Waals surface area (Å²) < 4.78 is 5.86. The van der Waals surface area contributed by atoms with Crippen molar-refractivity contribution in [1.82, 2.24) is 50.5 Å². The van der Waals surface area contributed by atoms with Gasteiger partial charge in [-0.3, -0.25) is 14.9 Å². The van der Waals surface area contributed by atoms with Crippen LogP contribution < -0.4 is 5.32 Å². The van der Waals surface area contributed by atoms with Crippen molar-refractivity contribution in [3.05, 3.63) is 65.4 Å². The van der Waals surface area contributed by atoms with E-state index in [0.29, 0.717) is 48.6 Å². The van der Waals surface area contributed by atoms with E-state index in [1.165, 1.54) is 11.1 Å². The van der Waals surface area contributed by atoms with Crippen molar-refractivity contribution in [2.45, 2.75) is 45.7 Å². The van der Waals surface area contributed by atoms with Crippen LogP contribution in [0.3, 0.4) is 0 Å². The summed E-state index contributed by atoms with van der Waals surface area (Å²) in [6, 6.07) is 6.19. The number of amides is 1. The third-order valence-electron chi connectivity index (χ3n) is 7.85. The molecule has 12 heteroatoms. The van der Waals surface area contributed by atoms with E-state index in [-0.39, 0.29) is 11.8 Å². The topological polar surface area (TPSA) is 145 Å². The number of rotatable bonds is 9. The summed E-state index contributed by atoms with van der Waals surface area (Å²) >= 11 is 0. The van der Waals surface area contributed by atoms with Gasteiger partial charge in [0.2, 0.25) is 11.8 Å². The lowest BCUT2D eigenvalue weighted by molar-refractivity contribution is 0.0700. The van der Waals surface area contributed by atoms with Gasteiger partial charge in [-0.2, -0.15) is 5.10 Å².